The zero-order valence-corrected chi connectivity index (χ0v) is 13.7. The number of carbonyl (C=O) groups excluding carboxylic acids is 1. The van der Waals surface area contributed by atoms with E-state index < -0.39 is 0 Å². The molecule has 2 heterocycles. The van der Waals surface area contributed by atoms with Crippen LogP contribution in [0.3, 0.4) is 0 Å². The molecule has 1 fully saturated rings. The van der Waals surface area contributed by atoms with Gasteiger partial charge >= 0.3 is 11.8 Å². The van der Waals surface area contributed by atoms with Crippen molar-refractivity contribution in [3.05, 3.63) is 34.7 Å². The molecular formula is C17H23N3O3. The Morgan fingerprint density at radius 3 is 2.43 bits per heavy atom. The minimum Gasteiger partial charge on any atom is -0.450 e. The number of hydrogen-bond acceptors (Lipinski definition) is 3. The van der Waals surface area contributed by atoms with E-state index in [2.05, 4.69) is 0 Å². The second-order valence-electron chi connectivity index (χ2n) is 5.80. The first-order valence-corrected chi connectivity index (χ1v) is 8.28. The molecule has 0 saturated carbocycles. The second kappa shape index (κ2) is 6.48. The largest absolute Gasteiger partial charge is 0.450 e. The van der Waals surface area contributed by atoms with Gasteiger partial charge in [-0.15, -0.1) is 0 Å². The zero-order chi connectivity index (χ0) is 16.4. The van der Waals surface area contributed by atoms with Crippen LogP contribution in [0.15, 0.2) is 29.1 Å². The fourth-order valence-corrected chi connectivity index (χ4v) is 3.41. The van der Waals surface area contributed by atoms with E-state index in [0.29, 0.717) is 26.2 Å². The molecule has 0 atom stereocenters. The molecule has 0 bridgehead atoms. The van der Waals surface area contributed by atoms with Crippen molar-refractivity contribution in [1.29, 1.82) is 0 Å². The van der Waals surface area contributed by atoms with Gasteiger partial charge in [0.25, 0.3) is 0 Å². The number of hydrogen-bond donors (Lipinski definition) is 0. The van der Waals surface area contributed by atoms with Crippen LogP contribution in [0.4, 0.5) is 4.79 Å². The number of aryl methyl sites for hydroxylation is 1. The van der Waals surface area contributed by atoms with Crippen molar-refractivity contribution in [3.8, 4) is 0 Å². The van der Waals surface area contributed by atoms with Crippen LogP contribution in [0.1, 0.15) is 32.7 Å². The molecule has 1 aliphatic rings. The number of ether oxygens (including phenoxy) is 1. The molecule has 1 aromatic heterocycles. The first-order chi connectivity index (χ1) is 11.2. The van der Waals surface area contributed by atoms with E-state index in [0.717, 1.165) is 23.9 Å². The average molecular weight is 317 g/mol. The Labute approximate surface area is 135 Å². The monoisotopic (exact) mass is 317 g/mol. The van der Waals surface area contributed by atoms with Crippen LogP contribution in [0.5, 0.6) is 0 Å². The third-order valence-electron chi connectivity index (χ3n) is 4.54. The molecule has 1 aliphatic heterocycles. The van der Waals surface area contributed by atoms with Gasteiger partial charge in [0.1, 0.15) is 0 Å². The molecule has 0 aliphatic carbocycles. The van der Waals surface area contributed by atoms with Gasteiger partial charge in [-0.1, -0.05) is 12.1 Å². The third-order valence-corrected chi connectivity index (χ3v) is 4.54. The Balaban J connectivity index is 1.87. The Morgan fingerprint density at radius 2 is 1.83 bits per heavy atom. The standard InChI is InChI=1S/C17H23N3O3/c1-3-19-14-7-5-6-8-15(14)20(16(19)21)13-9-11-18(12-10-13)17(22)23-4-2/h5-8,13H,3-4,9-12H2,1-2H3. The highest BCUT2D eigenvalue weighted by Crippen LogP contribution is 2.26. The summed E-state index contributed by atoms with van der Waals surface area (Å²) in [5, 5.41) is 0. The van der Waals surface area contributed by atoms with Crippen molar-refractivity contribution < 1.29 is 9.53 Å². The minimum absolute atomic E-state index is 0.0447. The van der Waals surface area contributed by atoms with Crippen molar-refractivity contribution >= 4 is 17.1 Å². The van der Waals surface area contributed by atoms with Gasteiger partial charge < -0.3 is 9.64 Å². The lowest BCUT2D eigenvalue weighted by Crippen LogP contribution is -2.41. The summed E-state index contributed by atoms with van der Waals surface area (Å²) in [5.74, 6) is 0. The van der Waals surface area contributed by atoms with Crippen molar-refractivity contribution in [1.82, 2.24) is 14.0 Å². The van der Waals surface area contributed by atoms with Crippen LogP contribution < -0.4 is 5.69 Å². The van der Waals surface area contributed by atoms with Crippen molar-refractivity contribution in [2.45, 2.75) is 39.3 Å². The van der Waals surface area contributed by atoms with Crippen LogP contribution in [-0.4, -0.2) is 39.8 Å². The predicted molar refractivity (Wildman–Crippen MR) is 88.7 cm³/mol. The normalized spacial score (nSPS) is 16.0. The summed E-state index contributed by atoms with van der Waals surface area (Å²) in [5.41, 5.74) is 2.00. The van der Waals surface area contributed by atoms with Crippen LogP contribution in [0.2, 0.25) is 0 Å². The number of aromatic nitrogens is 2. The minimum atomic E-state index is -0.255. The number of benzene rings is 1. The summed E-state index contributed by atoms with van der Waals surface area (Å²) in [7, 11) is 0. The SMILES string of the molecule is CCOC(=O)N1CCC(n2c(=O)n(CC)c3ccccc32)CC1. The molecule has 0 radical (unpaired) electrons. The summed E-state index contributed by atoms with van der Waals surface area (Å²) in [6.45, 7) is 6.10. The molecule has 3 rings (SSSR count). The van der Waals surface area contributed by atoms with Crippen LogP contribution in [0, 0.1) is 0 Å². The van der Waals surface area contributed by atoms with E-state index >= 15 is 0 Å². The van der Waals surface area contributed by atoms with Gasteiger partial charge in [-0.2, -0.15) is 0 Å². The number of fused-ring (bicyclic) bond motifs is 1. The van der Waals surface area contributed by atoms with Crippen LogP contribution >= 0.6 is 0 Å². The van der Waals surface area contributed by atoms with E-state index in [1.165, 1.54) is 0 Å². The first kappa shape index (κ1) is 15.6. The summed E-state index contributed by atoms with van der Waals surface area (Å²) in [4.78, 5) is 26.3. The van der Waals surface area contributed by atoms with Gasteiger partial charge in [0, 0.05) is 25.7 Å². The van der Waals surface area contributed by atoms with Gasteiger partial charge in [-0.25, -0.2) is 9.59 Å². The number of amides is 1. The number of likely N-dealkylation sites (tertiary alicyclic amines) is 1. The van der Waals surface area contributed by atoms with Gasteiger partial charge in [-0.05, 0) is 38.8 Å². The Kier molecular flexibility index (Phi) is 4.41. The van der Waals surface area contributed by atoms with E-state index in [9.17, 15) is 9.59 Å². The van der Waals surface area contributed by atoms with Gasteiger partial charge in [0.15, 0.2) is 0 Å². The first-order valence-electron chi connectivity index (χ1n) is 8.28. The maximum Gasteiger partial charge on any atom is 0.409 e. The lowest BCUT2D eigenvalue weighted by Gasteiger charge is -2.31. The Bertz CT molecular complexity index is 754. The lowest BCUT2D eigenvalue weighted by atomic mass is 10.0. The highest BCUT2D eigenvalue weighted by atomic mass is 16.6. The Morgan fingerprint density at radius 1 is 1.17 bits per heavy atom. The second-order valence-corrected chi connectivity index (χ2v) is 5.80. The molecule has 6 heteroatoms. The lowest BCUT2D eigenvalue weighted by molar-refractivity contribution is 0.0927. The topological polar surface area (TPSA) is 56.5 Å². The fourth-order valence-electron chi connectivity index (χ4n) is 3.41. The smallest absolute Gasteiger partial charge is 0.409 e. The van der Waals surface area contributed by atoms with Crippen molar-refractivity contribution in [2.24, 2.45) is 0 Å². The molecular weight excluding hydrogens is 294 g/mol. The van der Waals surface area contributed by atoms with E-state index in [-0.39, 0.29) is 17.8 Å². The van der Waals surface area contributed by atoms with E-state index in [1.54, 1.807) is 4.90 Å². The molecule has 124 valence electrons. The third kappa shape index (κ3) is 2.73. The van der Waals surface area contributed by atoms with E-state index in [4.69, 9.17) is 4.74 Å². The van der Waals surface area contributed by atoms with Crippen LogP contribution in [-0.2, 0) is 11.3 Å². The number of carbonyl (C=O) groups is 1. The van der Waals surface area contributed by atoms with Crippen molar-refractivity contribution in [2.75, 3.05) is 19.7 Å². The average Bonchev–Trinajstić information content (AvgIpc) is 2.86. The van der Waals surface area contributed by atoms with Gasteiger partial charge in [0.05, 0.1) is 17.6 Å². The maximum absolute atomic E-state index is 12.8. The summed E-state index contributed by atoms with van der Waals surface area (Å²) >= 11 is 0. The molecule has 1 saturated heterocycles. The zero-order valence-electron chi connectivity index (χ0n) is 13.7. The number of piperidine rings is 1. The summed E-state index contributed by atoms with van der Waals surface area (Å²) in [6, 6.07) is 8.05. The molecule has 1 amide bonds. The number of rotatable bonds is 3. The molecule has 0 unspecified atom stereocenters. The molecule has 23 heavy (non-hydrogen) atoms. The summed E-state index contributed by atoms with van der Waals surface area (Å²) < 4.78 is 8.77. The van der Waals surface area contributed by atoms with Crippen LogP contribution in [0.25, 0.3) is 11.0 Å². The molecule has 0 N–H and O–H groups in total. The number of imidazole rings is 1. The maximum atomic E-state index is 12.8. The van der Waals surface area contributed by atoms with Gasteiger partial charge in [0.2, 0.25) is 0 Å². The highest BCUT2D eigenvalue weighted by Gasteiger charge is 2.27. The van der Waals surface area contributed by atoms with Crippen molar-refractivity contribution in [3.63, 3.8) is 0 Å². The molecule has 6 nitrogen and oxygen atoms in total. The van der Waals surface area contributed by atoms with E-state index in [1.807, 2.05) is 47.2 Å². The molecule has 2 aromatic rings. The number of para-hydroxylation sites is 2. The van der Waals surface area contributed by atoms with Gasteiger partial charge in [-0.3, -0.25) is 9.13 Å². The highest BCUT2D eigenvalue weighted by molar-refractivity contribution is 5.76. The quantitative estimate of drug-likeness (QED) is 0.874. The molecule has 1 aromatic carbocycles. The summed E-state index contributed by atoms with van der Waals surface area (Å²) in [6.07, 6.45) is 1.29. The fraction of sp³-hybridized carbons (Fsp3) is 0.529. The Hall–Kier alpha value is -2.24. The predicted octanol–water partition coefficient (Wildman–Crippen LogP) is 2.62. The number of nitrogens with zero attached hydrogens (tertiary/aromatic N) is 3. The molecule has 0 spiro atoms.